The van der Waals surface area contributed by atoms with E-state index in [1.807, 2.05) is 24.3 Å². The SMILES string of the molecule is COCCC[Si](C)(C)Oc1ccc(O[Si](C)(C)CCCOC)cc1. The van der Waals surface area contributed by atoms with Crippen molar-refractivity contribution in [3.05, 3.63) is 24.3 Å². The first-order chi connectivity index (χ1) is 11.3. The summed E-state index contributed by atoms with van der Waals surface area (Å²) in [7, 11) is 0.102. The van der Waals surface area contributed by atoms with E-state index in [9.17, 15) is 0 Å². The first-order valence-electron chi connectivity index (χ1n) is 8.74. The highest BCUT2D eigenvalue weighted by molar-refractivity contribution is 6.72. The summed E-state index contributed by atoms with van der Waals surface area (Å²) in [4.78, 5) is 0. The molecule has 0 atom stereocenters. The molecule has 0 saturated heterocycles. The Balaban J connectivity index is 2.53. The highest BCUT2D eigenvalue weighted by Gasteiger charge is 2.25. The third-order valence-corrected chi connectivity index (χ3v) is 8.56. The van der Waals surface area contributed by atoms with Crippen molar-refractivity contribution in [3.63, 3.8) is 0 Å². The van der Waals surface area contributed by atoms with Crippen molar-refractivity contribution in [2.75, 3.05) is 27.4 Å². The average molecular weight is 371 g/mol. The molecule has 0 aliphatic heterocycles. The molecule has 138 valence electrons. The minimum absolute atomic E-state index is 0.801. The molecule has 0 aliphatic rings. The van der Waals surface area contributed by atoms with E-state index in [0.717, 1.165) is 49.6 Å². The van der Waals surface area contributed by atoms with E-state index in [1.54, 1.807) is 14.2 Å². The summed E-state index contributed by atoms with van der Waals surface area (Å²) in [5, 5.41) is 0. The van der Waals surface area contributed by atoms with Crippen LogP contribution in [-0.4, -0.2) is 44.1 Å². The van der Waals surface area contributed by atoms with Gasteiger partial charge in [-0.05, 0) is 75.4 Å². The lowest BCUT2D eigenvalue weighted by Crippen LogP contribution is -2.34. The van der Waals surface area contributed by atoms with Gasteiger partial charge in [-0.3, -0.25) is 0 Å². The number of benzene rings is 1. The molecule has 0 heterocycles. The molecule has 4 nitrogen and oxygen atoms in total. The molecule has 0 saturated carbocycles. The second-order valence-electron chi connectivity index (χ2n) is 7.39. The zero-order valence-electron chi connectivity index (χ0n) is 16.2. The average Bonchev–Trinajstić information content (AvgIpc) is 2.49. The Labute approximate surface area is 149 Å². The normalized spacial score (nSPS) is 12.2. The lowest BCUT2D eigenvalue weighted by atomic mass is 10.3. The van der Waals surface area contributed by atoms with Gasteiger partial charge < -0.3 is 18.3 Å². The first kappa shape index (κ1) is 21.2. The fourth-order valence-electron chi connectivity index (χ4n) is 2.60. The number of hydrogen-bond acceptors (Lipinski definition) is 4. The molecule has 0 bridgehead atoms. The van der Waals surface area contributed by atoms with E-state index in [4.69, 9.17) is 18.3 Å². The van der Waals surface area contributed by atoms with Crippen LogP contribution >= 0.6 is 0 Å². The van der Waals surface area contributed by atoms with Gasteiger partial charge in [-0.2, -0.15) is 0 Å². The highest BCUT2D eigenvalue weighted by atomic mass is 28.4. The monoisotopic (exact) mass is 370 g/mol. The molecule has 1 aromatic carbocycles. The van der Waals surface area contributed by atoms with Crippen LogP contribution in [0.15, 0.2) is 24.3 Å². The van der Waals surface area contributed by atoms with Gasteiger partial charge in [0.2, 0.25) is 16.6 Å². The molecule has 0 amide bonds. The van der Waals surface area contributed by atoms with Crippen LogP contribution in [0.3, 0.4) is 0 Å². The Kier molecular flexibility index (Phi) is 9.04. The molecule has 0 aromatic heterocycles. The smallest absolute Gasteiger partial charge is 0.245 e. The van der Waals surface area contributed by atoms with E-state index < -0.39 is 16.6 Å². The fraction of sp³-hybridized carbons (Fsp3) is 0.667. The lowest BCUT2D eigenvalue weighted by molar-refractivity contribution is 0.198. The van der Waals surface area contributed by atoms with Crippen LogP contribution in [0, 0.1) is 0 Å². The molecule has 0 fully saturated rings. The summed E-state index contributed by atoms with van der Waals surface area (Å²) in [5.41, 5.74) is 0. The molecular formula is C18H34O4Si2. The zero-order chi connectivity index (χ0) is 18.1. The maximum Gasteiger partial charge on any atom is 0.245 e. The van der Waals surface area contributed by atoms with Crippen LogP contribution in [0.1, 0.15) is 12.8 Å². The maximum absolute atomic E-state index is 6.24. The van der Waals surface area contributed by atoms with Crippen molar-refractivity contribution in [2.24, 2.45) is 0 Å². The van der Waals surface area contributed by atoms with Gasteiger partial charge in [0.05, 0.1) is 0 Å². The number of hydrogen-bond donors (Lipinski definition) is 0. The Morgan fingerprint density at radius 1 is 0.667 bits per heavy atom. The van der Waals surface area contributed by atoms with Crippen molar-refractivity contribution in [2.45, 2.75) is 51.1 Å². The predicted octanol–water partition coefficient (Wildman–Crippen LogP) is 4.93. The molecule has 0 spiro atoms. The molecule has 0 radical (unpaired) electrons. The van der Waals surface area contributed by atoms with E-state index in [2.05, 4.69) is 26.2 Å². The van der Waals surface area contributed by atoms with Crippen LogP contribution in [-0.2, 0) is 9.47 Å². The van der Waals surface area contributed by atoms with E-state index >= 15 is 0 Å². The molecule has 0 aliphatic carbocycles. The molecular weight excluding hydrogens is 336 g/mol. The standard InChI is InChI=1S/C18H34O4Si2/c1-19-13-7-15-23(3,4)21-17-9-11-18(12-10-17)22-24(5,6)16-8-14-20-2/h9-12H,7-8,13-16H2,1-6H3. The van der Waals surface area contributed by atoms with E-state index in [0.29, 0.717) is 0 Å². The Morgan fingerprint density at radius 3 is 1.29 bits per heavy atom. The fourth-order valence-corrected chi connectivity index (χ4v) is 6.34. The van der Waals surface area contributed by atoms with Crippen LogP contribution in [0.2, 0.25) is 38.3 Å². The van der Waals surface area contributed by atoms with Crippen molar-refractivity contribution in [1.29, 1.82) is 0 Å². The third kappa shape index (κ3) is 8.87. The number of rotatable bonds is 12. The summed E-state index contributed by atoms with van der Waals surface area (Å²) in [6.45, 7) is 10.6. The number of methoxy groups -OCH3 is 2. The minimum atomic E-state index is -1.69. The van der Waals surface area contributed by atoms with Gasteiger partial charge in [0.1, 0.15) is 11.5 Å². The summed E-state index contributed by atoms with van der Waals surface area (Å²) in [6.07, 6.45) is 2.11. The van der Waals surface area contributed by atoms with Gasteiger partial charge in [0, 0.05) is 27.4 Å². The summed E-state index contributed by atoms with van der Waals surface area (Å²) >= 11 is 0. The summed E-state index contributed by atoms with van der Waals surface area (Å²) < 4.78 is 22.7. The van der Waals surface area contributed by atoms with Crippen molar-refractivity contribution in [1.82, 2.24) is 0 Å². The van der Waals surface area contributed by atoms with Crippen LogP contribution in [0.25, 0.3) is 0 Å². The summed E-state index contributed by atoms with van der Waals surface area (Å²) in [5.74, 6) is 1.88. The first-order valence-corrected chi connectivity index (χ1v) is 15.0. The van der Waals surface area contributed by atoms with Crippen molar-refractivity contribution in [3.8, 4) is 11.5 Å². The predicted molar refractivity (Wildman–Crippen MR) is 105 cm³/mol. The van der Waals surface area contributed by atoms with Gasteiger partial charge in [-0.15, -0.1) is 0 Å². The van der Waals surface area contributed by atoms with Crippen LogP contribution in [0.5, 0.6) is 11.5 Å². The maximum atomic E-state index is 6.24. The Morgan fingerprint density at radius 2 is 1.00 bits per heavy atom. The Hall–Kier alpha value is -0.826. The van der Waals surface area contributed by atoms with Gasteiger partial charge in [-0.1, -0.05) is 0 Å². The van der Waals surface area contributed by atoms with Gasteiger partial charge in [0.15, 0.2) is 0 Å². The second kappa shape index (κ2) is 10.2. The molecule has 0 unspecified atom stereocenters. The molecule has 1 rings (SSSR count). The largest absolute Gasteiger partial charge is 0.544 e. The number of ether oxygens (including phenoxy) is 2. The van der Waals surface area contributed by atoms with Crippen molar-refractivity contribution >= 4 is 16.6 Å². The van der Waals surface area contributed by atoms with Crippen LogP contribution < -0.4 is 8.85 Å². The lowest BCUT2D eigenvalue weighted by Gasteiger charge is -2.26. The molecule has 24 heavy (non-hydrogen) atoms. The quantitative estimate of drug-likeness (QED) is 0.386. The minimum Gasteiger partial charge on any atom is -0.544 e. The molecule has 1 aromatic rings. The van der Waals surface area contributed by atoms with Gasteiger partial charge in [-0.25, -0.2) is 0 Å². The zero-order valence-corrected chi connectivity index (χ0v) is 18.2. The topological polar surface area (TPSA) is 36.9 Å². The summed E-state index contributed by atoms with van der Waals surface area (Å²) in [6, 6.07) is 10.3. The van der Waals surface area contributed by atoms with Gasteiger partial charge >= 0.3 is 0 Å². The second-order valence-corrected chi connectivity index (χ2v) is 15.8. The van der Waals surface area contributed by atoms with E-state index in [1.165, 1.54) is 0 Å². The molecule has 0 N–H and O–H groups in total. The van der Waals surface area contributed by atoms with E-state index in [-0.39, 0.29) is 0 Å². The Bertz CT molecular complexity index is 418. The highest BCUT2D eigenvalue weighted by Crippen LogP contribution is 2.25. The third-order valence-electron chi connectivity index (χ3n) is 3.87. The van der Waals surface area contributed by atoms with Crippen molar-refractivity contribution < 1.29 is 18.3 Å². The van der Waals surface area contributed by atoms with Crippen LogP contribution in [0.4, 0.5) is 0 Å². The molecule has 6 heteroatoms. The van der Waals surface area contributed by atoms with Gasteiger partial charge in [0.25, 0.3) is 0 Å².